The van der Waals surface area contributed by atoms with Gasteiger partial charge in [-0.15, -0.1) is 0 Å². The van der Waals surface area contributed by atoms with Crippen LogP contribution >= 0.6 is 0 Å². The Bertz CT molecular complexity index is 231. The monoisotopic (exact) mass is 179 g/mol. The zero-order chi connectivity index (χ0) is 10.1. The first-order valence-electron chi connectivity index (χ1n) is 4.46. The van der Waals surface area contributed by atoms with Crippen molar-refractivity contribution in [2.24, 2.45) is 0 Å². The first kappa shape index (κ1) is 11.8. The van der Waals surface area contributed by atoms with Crippen molar-refractivity contribution in [3.05, 3.63) is 35.9 Å². The Morgan fingerprint density at radius 2 is 1.77 bits per heavy atom. The maximum Gasteiger partial charge on any atom is 0.0883 e. The summed E-state index contributed by atoms with van der Waals surface area (Å²) in [6, 6.07) is 9.57. The second-order valence-corrected chi connectivity index (χ2v) is 2.28. The van der Waals surface area contributed by atoms with Crippen LogP contribution in [0.25, 0.3) is 0 Å². The lowest BCUT2D eigenvalue weighted by molar-refractivity contribution is 0.245. The van der Waals surface area contributed by atoms with Crippen LogP contribution in [0.5, 0.6) is 0 Å². The van der Waals surface area contributed by atoms with Gasteiger partial charge in [-0.05, 0) is 5.56 Å². The number of hydrogen-bond acceptors (Lipinski definition) is 2. The summed E-state index contributed by atoms with van der Waals surface area (Å²) in [6.45, 7) is 4.38. The van der Waals surface area contributed by atoms with Gasteiger partial charge < -0.3 is 10.1 Å². The van der Waals surface area contributed by atoms with Crippen LogP contribution in [-0.2, 0) is 4.74 Å². The smallest absolute Gasteiger partial charge is 0.0883 e. The van der Waals surface area contributed by atoms with Gasteiger partial charge in [-0.2, -0.15) is 0 Å². The Kier molecular flexibility index (Phi) is 6.83. The van der Waals surface area contributed by atoms with Crippen LogP contribution in [0, 0.1) is 5.41 Å². The van der Waals surface area contributed by atoms with E-state index in [4.69, 9.17) is 10.1 Å². The minimum absolute atomic E-state index is 0.379. The van der Waals surface area contributed by atoms with Crippen molar-refractivity contribution in [1.82, 2.24) is 0 Å². The van der Waals surface area contributed by atoms with Gasteiger partial charge in [0.2, 0.25) is 0 Å². The van der Waals surface area contributed by atoms with Crippen molar-refractivity contribution in [1.29, 1.82) is 5.41 Å². The molecule has 0 bridgehead atoms. The molecule has 13 heavy (non-hydrogen) atoms. The molecule has 0 radical (unpaired) electrons. The van der Waals surface area contributed by atoms with E-state index in [9.17, 15) is 0 Å². The summed E-state index contributed by atoms with van der Waals surface area (Å²) < 4.78 is 4.83. The summed E-state index contributed by atoms with van der Waals surface area (Å²) in [7, 11) is 1.59. The predicted octanol–water partition coefficient (Wildman–Crippen LogP) is 2.73. The van der Waals surface area contributed by atoms with Crippen LogP contribution in [-0.4, -0.2) is 19.4 Å². The van der Waals surface area contributed by atoms with Gasteiger partial charge in [0, 0.05) is 7.11 Å². The topological polar surface area (TPSA) is 33.1 Å². The molecule has 0 heterocycles. The van der Waals surface area contributed by atoms with Crippen molar-refractivity contribution in [2.45, 2.75) is 13.8 Å². The van der Waals surface area contributed by atoms with Crippen molar-refractivity contribution in [2.75, 3.05) is 13.7 Å². The number of ether oxygens (including phenoxy) is 1. The molecular formula is C11H17NO. The maximum absolute atomic E-state index is 7.50. The SMILES string of the molecule is CC.COCC(=N)c1ccccc1. The van der Waals surface area contributed by atoms with Crippen molar-refractivity contribution < 1.29 is 4.74 Å². The lowest BCUT2D eigenvalue weighted by Gasteiger charge is -2.00. The highest BCUT2D eigenvalue weighted by Crippen LogP contribution is 1.99. The molecule has 0 spiro atoms. The Balaban J connectivity index is 0.000000671. The van der Waals surface area contributed by atoms with Crippen molar-refractivity contribution in [3.63, 3.8) is 0 Å². The molecule has 0 saturated heterocycles. The molecule has 72 valence electrons. The number of benzene rings is 1. The molecule has 2 nitrogen and oxygen atoms in total. The second-order valence-electron chi connectivity index (χ2n) is 2.28. The number of nitrogens with one attached hydrogen (secondary N) is 1. The standard InChI is InChI=1S/C9H11NO.C2H6/c1-11-7-9(10)8-5-3-2-4-6-8;1-2/h2-6,10H,7H2,1H3;1-2H3. The molecule has 0 aliphatic heterocycles. The lowest BCUT2D eigenvalue weighted by Crippen LogP contribution is -2.06. The van der Waals surface area contributed by atoms with Crippen LogP contribution in [0.15, 0.2) is 30.3 Å². The summed E-state index contributed by atoms with van der Waals surface area (Å²) >= 11 is 0. The highest BCUT2D eigenvalue weighted by molar-refractivity contribution is 5.99. The Morgan fingerprint density at radius 3 is 2.23 bits per heavy atom. The first-order valence-corrected chi connectivity index (χ1v) is 4.46. The number of rotatable bonds is 3. The molecule has 1 rings (SSSR count). The Morgan fingerprint density at radius 1 is 1.23 bits per heavy atom. The minimum atomic E-state index is 0.379. The Labute approximate surface area is 80.1 Å². The van der Waals surface area contributed by atoms with Crippen LogP contribution in [0.2, 0.25) is 0 Å². The predicted molar refractivity (Wildman–Crippen MR) is 56.5 cm³/mol. The van der Waals surface area contributed by atoms with E-state index in [0.717, 1.165) is 5.56 Å². The van der Waals surface area contributed by atoms with E-state index in [2.05, 4.69) is 0 Å². The number of hydrogen-bond donors (Lipinski definition) is 1. The highest BCUT2D eigenvalue weighted by atomic mass is 16.5. The van der Waals surface area contributed by atoms with Crippen LogP contribution in [0.1, 0.15) is 19.4 Å². The average Bonchev–Trinajstić information content (AvgIpc) is 2.23. The molecule has 0 amide bonds. The van der Waals surface area contributed by atoms with E-state index < -0.39 is 0 Å². The third kappa shape index (κ3) is 4.43. The Hall–Kier alpha value is -1.15. The van der Waals surface area contributed by atoms with E-state index in [-0.39, 0.29) is 0 Å². The molecule has 0 saturated carbocycles. The van der Waals surface area contributed by atoms with Gasteiger partial charge in [0.25, 0.3) is 0 Å². The van der Waals surface area contributed by atoms with Gasteiger partial charge in [-0.25, -0.2) is 0 Å². The van der Waals surface area contributed by atoms with E-state index >= 15 is 0 Å². The van der Waals surface area contributed by atoms with E-state index in [1.807, 2.05) is 44.2 Å². The molecule has 1 aromatic carbocycles. The molecule has 0 atom stereocenters. The summed E-state index contributed by atoms with van der Waals surface area (Å²) in [5.41, 5.74) is 1.45. The summed E-state index contributed by atoms with van der Waals surface area (Å²) in [6.07, 6.45) is 0. The summed E-state index contributed by atoms with van der Waals surface area (Å²) in [5.74, 6) is 0. The van der Waals surface area contributed by atoms with Gasteiger partial charge >= 0.3 is 0 Å². The lowest BCUT2D eigenvalue weighted by atomic mass is 10.1. The van der Waals surface area contributed by atoms with Crippen LogP contribution in [0.4, 0.5) is 0 Å². The second kappa shape index (κ2) is 7.50. The highest BCUT2D eigenvalue weighted by Gasteiger charge is 1.97. The van der Waals surface area contributed by atoms with E-state index in [1.54, 1.807) is 7.11 Å². The normalized spacial score (nSPS) is 8.54. The van der Waals surface area contributed by atoms with Crippen LogP contribution in [0.3, 0.4) is 0 Å². The van der Waals surface area contributed by atoms with Crippen molar-refractivity contribution >= 4 is 5.71 Å². The molecule has 2 heteroatoms. The van der Waals surface area contributed by atoms with Gasteiger partial charge in [0.05, 0.1) is 12.3 Å². The molecule has 0 unspecified atom stereocenters. The quantitative estimate of drug-likeness (QED) is 0.711. The molecular weight excluding hydrogens is 162 g/mol. The van der Waals surface area contributed by atoms with Gasteiger partial charge in [-0.3, -0.25) is 0 Å². The largest absolute Gasteiger partial charge is 0.378 e. The first-order chi connectivity index (χ1) is 6.34. The fourth-order valence-corrected chi connectivity index (χ4v) is 0.867. The van der Waals surface area contributed by atoms with Gasteiger partial charge in [0.15, 0.2) is 0 Å². The average molecular weight is 179 g/mol. The van der Waals surface area contributed by atoms with Crippen molar-refractivity contribution in [3.8, 4) is 0 Å². The van der Waals surface area contributed by atoms with Gasteiger partial charge in [-0.1, -0.05) is 44.2 Å². The third-order valence-corrected chi connectivity index (χ3v) is 1.41. The fourth-order valence-electron chi connectivity index (χ4n) is 0.867. The zero-order valence-electron chi connectivity index (χ0n) is 8.50. The maximum atomic E-state index is 7.50. The molecule has 1 N–H and O–H groups in total. The van der Waals surface area contributed by atoms with Crippen LogP contribution < -0.4 is 0 Å². The molecule has 0 aliphatic rings. The van der Waals surface area contributed by atoms with Gasteiger partial charge in [0.1, 0.15) is 0 Å². The molecule has 0 fully saturated rings. The fraction of sp³-hybridized carbons (Fsp3) is 0.364. The van der Waals surface area contributed by atoms with E-state index in [0.29, 0.717) is 12.3 Å². The summed E-state index contributed by atoms with van der Waals surface area (Å²) in [5, 5.41) is 7.50. The zero-order valence-corrected chi connectivity index (χ0v) is 8.50. The summed E-state index contributed by atoms with van der Waals surface area (Å²) in [4.78, 5) is 0. The van der Waals surface area contributed by atoms with E-state index in [1.165, 1.54) is 0 Å². The number of methoxy groups -OCH3 is 1. The minimum Gasteiger partial charge on any atom is -0.378 e. The molecule has 0 aromatic heterocycles. The molecule has 1 aromatic rings. The molecule has 0 aliphatic carbocycles. The third-order valence-electron chi connectivity index (χ3n) is 1.41.